The van der Waals surface area contributed by atoms with Gasteiger partial charge in [-0.1, -0.05) is 31.2 Å². The Morgan fingerprint density at radius 3 is 2.67 bits per heavy atom. The highest BCUT2D eigenvalue weighted by molar-refractivity contribution is 5.25. The van der Waals surface area contributed by atoms with Crippen LogP contribution in [0.2, 0.25) is 0 Å². The Hall–Kier alpha value is -0.860. The van der Waals surface area contributed by atoms with Crippen molar-refractivity contribution < 1.29 is 0 Å². The molecule has 2 nitrogen and oxygen atoms in total. The minimum atomic E-state index is 0.363. The molecule has 1 aliphatic heterocycles. The van der Waals surface area contributed by atoms with Crippen molar-refractivity contribution in [1.29, 1.82) is 0 Å². The van der Waals surface area contributed by atoms with E-state index >= 15 is 0 Å². The molecule has 1 saturated heterocycles. The molecule has 15 heavy (non-hydrogen) atoms. The molecule has 1 aliphatic rings. The largest absolute Gasteiger partial charge is 0.328 e. The van der Waals surface area contributed by atoms with Crippen LogP contribution in [0.3, 0.4) is 0 Å². The average molecular weight is 204 g/mol. The van der Waals surface area contributed by atoms with Crippen molar-refractivity contribution in [2.24, 2.45) is 5.73 Å². The molecular formula is C13H20N2. The summed E-state index contributed by atoms with van der Waals surface area (Å²) in [5.41, 5.74) is 8.76. The molecule has 82 valence electrons. The maximum atomic E-state index is 5.98. The lowest BCUT2D eigenvalue weighted by Crippen LogP contribution is -2.38. The first kappa shape index (κ1) is 10.7. The zero-order valence-corrected chi connectivity index (χ0v) is 9.37. The number of nitrogens with one attached hydrogen (secondary N) is 1. The van der Waals surface area contributed by atoms with Gasteiger partial charge in [-0.3, -0.25) is 0 Å². The van der Waals surface area contributed by atoms with E-state index in [1.54, 1.807) is 0 Å². The van der Waals surface area contributed by atoms with Crippen LogP contribution in [0.25, 0.3) is 0 Å². The van der Waals surface area contributed by atoms with E-state index in [-0.39, 0.29) is 0 Å². The van der Waals surface area contributed by atoms with Gasteiger partial charge in [-0.25, -0.2) is 0 Å². The predicted molar refractivity (Wildman–Crippen MR) is 63.8 cm³/mol. The van der Waals surface area contributed by atoms with Crippen LogP contribution < -0.4 is 11.1 Å². The Labute approximate surface area is 91.9 Å². The summed E-state index contributed by atoms with van der Waals surface area (Å²) in [4.78, 5) is 0. The molecule has 0 aromatic heterocycles. The second-order valence-corrected chi connectivity index (χ2v) is 4.39. The Morgan fingerprint density at radius 1 is 1.33 bits per heavy atom. The Kier molecular flexibility index (Phi) is 3.39. The van der Waals surface area contributed by atoms with Crippen molar-refractivity contribution in [3.05, 3.63) is 35.4 Å². The summed E-state index contributed by atoms with van der Waals surface area (Å²) in [6.45, 7) is 3.23. The van der Waals surface area contributed by atoms with Crippen LogP contribution in [-0.4, -0.2) is 12.6 Å². The molecule has 2 heteroatoms. The molecule has 0 bridgehead atoms. The fraction of sp³-hybridized carbons (Fsp3) is 0.538. The van der Waals surface area contributed by atoms with Crippen molar-refractivity contribution in [1.82, 2.24) is 5.32 Å². The van der Waals surface area contributed by atoms with Crippen molar-refractivity contribution in [3.63, 3.8) is 0 Å². The first-order valence-corrected chi connectivity index (χ1v) is 5.87. The van der Waals surface area contributed by atoms with Crippen LogP contribution in [0.5, 0.6) is 0 Å². The fourth-order valence-corrected chi connectivity index (χ4v) is 2.19. The van der Waals surface area contributed by atoms with Crippen LogP contribution in [0, 0.1) is 0 Å². The normalized spacial score (nSPS) is 26.5. The predicted octanol–water partition coefficient (Wildman–Crippen LogP) is 2.00. The Bertz CT molecular complexity index is 305. The van der Waals surface area contributed by atoms with Gasteiger partial charge in [0.25, 0.3) is 0 Å². The smallest absolute Gasteiger partial charge is 0.0334 e. The number of rotatable bonds is 2. The third-order valence-corrected chi connectivity index (χ3v) is 3.23. The number of aryl methyl sites for hydroxylation is 1. The van der Waals surface area contributed by atoms with Crippen LogP contribution >= 0.6 is 0 Å². The van der Waals surface area contributed by atoms with E-state index in [4.69, 9.17) is 5.73 Å². The van der Waals surface area contributed by atoms with E-state index in [2.05, 4.69) is 36.5 Å². The molecule has 0 spiro atoms. The molecule has 0 aliphatic carbocycles. The Balaban J connectivity index is 2.07. The highest BCUT2D eigenvalue weighted by Crippen LogP contribution is 2.22. The lowest BCUT2D eigenvalue weighted by molar-refractivity contribution is 0.369. The van der Waals surface area contributed by atoms with E-state index in [1.807, 2.05) is 0 Å². The van der Waals surface area contributed by atoms with E-state index in [0.717, 1.165) is 25.8 Å². The number of benzene rings is 1. The minimum Gasteiger partial charge on any atom is -0.328 e. The molecule has 2 unspecified atom stereocenters. The molecule has 0 amide bonds. The highest BCUT2D eigenvalue weighted by atomic mass is 14.9. The summed E-state index contributed by atoms with van der Waals surface area (Å²) >= 11 is 0. The summed E-state index contributed by atoms with van der Waals surface area (Å²) in [6, 6.07) is 9.72. The summed E-state index contributed by atoms with van der Waals surface area (Å²) < 4.78 is 0. The molecule has 2 atom stereocenters. The lowest BCUT2D eigenvalue weighted by atomic mass is 9.94. The van der Waals surface area contributed by atoms with Gasteiger partial charge in [-0.05, 0) is 36.9 Å². The van der Waals surface area contributed by atoms with Crippen LogP contribution in [0.1, 0.15) is 36.9 Å². The first-order chi connectivity index (χ1) is 7.29. The lowest BCUT2D eigenvalue weighted by Gasteiger charge is -2.28. The minimum absolute atomic E-state index is 0.363. The maximum Gasteiger partial charge on any atom is 0.0334 e. The van der Waals surface area contributed by atoms with Gasteiger partial charge in [0.1, 0.15) is 0 Å². The summed E-state index contributed by atoms with van der Waals surface area (Å²) in [5.74, 6) is 0. The van der Waals surface area contributed by atoms with E-state index < -0.39 is 0 Å². The number of nitrogens with two attached hydrogens (primary N) is 1. The molecule has 1 aromatic rings. The second-order valence-electron chi connectivity index (χ2n) is 4.39. The van der Waals surface area contributed by atoms with Crippen molar-refractivity contribution >= 4 is 0 Å². The fourth-order valence-electron chi connectivity index (χ4n) is 2.19. The second kappa shape index (κ2) is 4.77. The van der Waals surface area contributed by atoms with Crippen molar-refractivity contribution in [2.75, 3.05) is 6.54 Å². The molecule has 1 fully saturated rings. The van der Waals surface area contributed by atoms with Crippen molar-refractivity contribution in [2.45, 2.75) is 38.3 Å². The number of piperidine rings is 1. The first-order valence-electron chi connectivity index (χ1n) is 5.87. The summed E-state index contributed by atoms with van der Waals surface area (Å²) in [5, 5.41) is 3.52. The van der Waals surface area contributed by atoms with E-state index in [9.17, 15) is 0 Å². The van der Waals surface area contributed by atoms with Gasteiger partial charge in [0.2, 0.25) is 0 Å². The van der Waals surface area contributed by atoms with Crippen LogP contribution in [-0.2, 0) is 6.42 Å². The van der Waals surface area contributed by atoms with Gasteiger partial charge >= 0.3 is 0 Å². The summed E-state index contributed by atoms with van der Waals surface area (Å²) in [7, 11) is 0. The third-order valence-electron chi connectivity index (χ3n) is 3.23. The summed E-state index contributed by atoms with van der Waals surface area (Å²) in [6.07, 6.45) is 3.27. The van der Waals surface area contributed by atoms with Gasteiger partial charge in [0.05, 0.1) is 0 Å². The monoisotopic (exact) mass is 204 g/mol. The average Bonchev–Trinajstić information content (AvgIpc) is 2.29. The Morgan fingerprint density at radius 2 is 2.07 bits per heavy atom. The van der Waals surface area contributed by atoms with Crippen LogP contribution in [0.15, 0.2) is 24.3 Å². The molecule has 1 aromatic carbocycles. The van der Waals surface area contributed by atoms with Gasteiger partial charge in [-0.15, -0.1) is 0 Å². The third kappa shape index (κ3) is 2.58. The van der Waals surface area contributed by atoms with Crippen LogP contribution in [0.4, 0.5) is 0 Å². The molecule has 0 radical (unpaired) electrons. The molecule has 0 saturated carbocycles. The van der Waals surface area contributed by atoms with Gasteiger partial charge in [0, 0.05) is 12.1 Å². The molecule has 1 heterocycles. The zero-order chi connectivity index (χ0) is 10.7. The quantitative estimate of drug-likeness (QED) is 0.773. The van der Waals surface area contributed by atoms with Crippen molar-refractivity contribution in [3.8, 4) is 0 Å². The van der Waals surface area contributed by atoms with Gasteiger partial charge in [-0.2, -0.15) is 0 Å². The standard InChI is InChI=1S/C13H20N2/c1-2-10-3-5-11(6-4-10)13-9-12(14)7-8-15-13/h3-6,12-13,15H,2,7-9,14H2,1H3. The number of hydrogen-bond donors (Lipinski definition) is 2. The molecule has 2 rings (SSSR count). The topological polar surface area (TPSA) is 38.0 Å². The maximum absolute atomic E-state index is 5.98. The van der Waals surface area contributed by atoms with Gasteiger partial charge < -0.3 is 11.1 Å². The number of hydrogen-bond acceptors (Lipinski definition) is 2. The van der Waals surface area contributed by atoms with E-state index in [0.29, 0.717) is 12.1 Å². The van der Waals surface area contributed by atoms with E-state index in [1.165, 1.54) is 11.1 Å². The SMILES string of the molecule is CCc1ccc(C2CC(N)CCN2)cc1. The molecule has 3 N–H and O–H groups in total. The zero-order valence-electron chi connectivity index (χ0n) is 9.37. The molecular weight excluding hydrogens is 184 g/mol. The van der Waals surface area contributed by atoms with Gasteiger partial charge in [0.15, 0.2) is 0 Å². The highest BCUT2D eigenvalue weighted by Gasteiger charge is 2.19.